The van der Waals surface area contributed by atoms with Gasteiger partial charge in [0.1, 0.15) is 6.54 Å². The number of aromatic nitrogens is 2. The quantitative estimate of drug-likeness (QED) is 0.661. The normalized spacial score (nSPS) is 30.9. The molecule has 8 heteroatoms. The zero-order chi connectivity index (χ0) is 19.0. The first kappa shape index (κ1) is 18.0. The van der Waals surface area contributed by atoms with Crippen LogP contribution in [0.25, 0.3) is 0 Å². The predicted octanol–water partition coefficient (Wildman–Crippen LogP) is 1.03. The highest BCUT2D eigenvalue weighted by molar-refractivity contribution is 5.91. The Labute approximate surface area is 158 Å². The van der Waals surface area contributed by atoms with Crippen molar-refractivity contribution in [2.75, 3.05) is 11.9 Å². The maximum atomic E-state index is 12.8. The van der Waals surface area contributed by atoms with Gasteiger partial charge < -0.3 is 16.4 Å². The van der Waals surface area contributed by atoms with Crippen LogP contribution in [0.5, 0.6) is 0 Å². The van der Waals surface area contributed by atoms with Gasteiger partial charge in [0.2, 0.25) is 17.7 Å². The van der Waals surface area contributed by atoms with E-state index in [-0.39, 0.29) is 30.2 Å². The highest BCUT2D eigenvalue weighted by Gasteiger charge is 2.54. The number of primary amides is 1. The molecule has 0 saturated heterocycles. The fraction of sp³-hybridized carbons (Fsp3) is 0.684. The fourth-order valence-corrected chi connectivity index (χ4v) is 5.76. The summed E-state index contributed by atoms with van der Waals surface area (Å²) in [5.74, 6) is 1.62. The van der Waals surface area contributed by atoms with Gasteiger partial charge in [-0.05, 0) is 56.3 Å². The largest absolute Gasteiger partial charge is 0.368 e. The number of nitrogens with two attached hydrogens (primary N) is 1. The first-order chi connectivity index (χ1) is 12.9. The first-order valence-electron chi connectivity index (χ1n) is 9.81. The lowest BCUT2D eigenvalue weighted by Gasteiger charge is -2.55. The van der Waals surface area contributed by atoms with E-state index >= 15 is 0 Å². The van der Waals surface area contributed by atoms with Crippen molar-refractivity contribution in [2.45, 2.75) is 51.5 Å². The molecule has 0 atom stereocenters. The minimum Gasteiger partial charge on any atom is -0.368 e. The number of carbonyl (C=O) groups excluding carboxylic acids is 3. The third-order valence-corrected chi connectivity index (χ3v) is 6.39. The van der Waals surface area contributed by atoms with Gasteiger partial charge in [-0.1, -0.05) is 0 Å². The summed E-state index contributed by atoms with van der Waals surface area (Å²) >= 11 is 0. The van der Waals surface area contributed by atoms with E-state index in [1.807, 2.05) is 0 Å². The Morgan fingerprint density at radius 2 is 1.78 bits per heavy atom. The van der Waals surface area contributed by atoms with Crippen LogP contribution in [0.4, 0.5) is 5.69 Å². The van der Waals surface area contributed by atoms with E-state index in [0.717, 1.165) is 37.0 Å². The number of anilines is 1. The molecule has 1 aromatic heterocycles. The standard InChI is InChI=1S/C19H27N5O3/c20-16(25)11-24-10-15(9-22-24)23-17(26)1-2-21-18(27)19-6-12-3-13(7-19)5-14(4-12)8-19/h9-10,12-14H,1-8,11H2,(H2,20,25)(H,21,27)(H,23,26). The second-order valence-electron chi connectivity index (χ2n) is 8.64. The Bertz CT molecular complexity index is 721. The molecule has 5 rings (SSSR count). The lowest BCUT2D eigenvalue weighted by Crippen LogP contribution is -2.53. The summed E-state index contributed by atoms with van der Waals surface area (Å²) in [5, 5.41) is 9.68. The van der Waals surface area contributed by atoms with Crippen molar-refractivity contribution >= 4 is 23.4 Å². The average molecular weight is 373 g/mol. The molecule has 146 valence electrons. The molecule has 4 bridgehead atoms. The van der Waals surface area contributed by atoms with Gasteiger partial charge in [-0.3, -0.25) is 19.1 Å². The van der Waals surface area contributed by atoms with Crippen molar-refractivity contribution in [2.24, 2.45) is 28.9 Å². The van der Waals surface area contributed by atoms with Crippen molar-refractivity contribution in [1.29, 1.82) is 0 Å². The molecule has 8 nitrogen and oxygen atoms in total. The molecule has 0 radical (unpaired) electrons. The number of nitrogens with zero attached hydrogens (tertiary/aromatic N) is 2. The third kappa shape index (κ3) is 3.84. The lowest BCUT2D eigenvalue weighted by molar-refractivity contribution is -0.146. The molecule has 0 aliphatic heterocycles. The summed E-state index contributed by atoms with van der Waals surface area (Å²) in [6.45, 7) is 0.304. The maximum absolute atomic E-state index is 12.8. The molecule has 4 N–H and O–H groups in total. The molecule has 4 aliphatic rings. The molecule has 4 aliphatic carbocycles. The van der Waals surface area contributed by atoms with Crippen LogP contribution >= 0.6 is 0 Å². The van der Waals surface area contributed by atoms with Crippen LogP contribution in [-0.4, -0.2) is 34.0 Å². The average Bonchev–Trinajstić information content (AvgIpc) is 2.99. The van der Waals surface area contributed by atoms with Gasteiger partial charge in [-0.2, -0.15) is 5.10 Å². The van der Waals surface area contributed by atoms with Gasteiger partial charge in [0, 0.05) is 24.6 Å². The van der Waals surface area contributed by atoms with Crippen LogP contribution in [-0.2, 0) is 20.9 Å². The molecular weight excluding hydrogens is 346 g/mol. The summed E-state index contributed by atoms with van der Waals surface area (Å²) in [7, 11) is 0. The number of rotatable bonds is 7. The third-order valence-electron chi connectivity index (χ3n) is 6.39. The SMILES string of the molecule is NC(=O)Cn1cc(NC(=O)CCNC(=O)C23CC4CC(CC(C4)C2)C3)cn1. The van der Waals surface area contributed by atoms with Crippen molar-refractivity contribution in [3.63, 3.8) is 0 Å². The molecule has 1 heterocycles. The van der Waals surface area contributed by atoms with Crippen LogP contribution < -0.4 is 16.4 Å². The molecule has 3 amide bonds. The summed E-state index contributed by atoms with van der Waals surface area (Å²) < 4.78 is 1.37. The lowest BCUT2D eigenvalue weighted by atomic mass is 9.49. The highest BCUT2D eigenvalue weighted by Crippen LogP contribution is 2.60. The van der Waals surface area contributed by atoms with E-state index in [1.54, 1.807) is 6.20 Å². The van der Waals surface area contributed by atoms with E-state index < -0.39 is 5.91 Å². The Morgan fingerprint density at radius 3 is 2.37 bits per heavy atom. The Morgan fingerprint density at radius 1 is 1.15 bits per heavy atom. The minimum absolute atomic E-state index is 0.0308. The molecule has 0 aromatic carbocycles. The molecule has 27 heavy (non-hydrogen) atoms. The second kappa shape index (κ2) is 6.98. The predicted molar refractivity (Wildman–Crippen MR) is 98.3 cm³/mol. The summed E-state index contributed by atoms with van der Waals surface area (Å²) in [5.41, 5.74) is 5.44. The zero-order valence-electron chi connectivity index (χ0n) is 15.4. The molecular formula is C19H27N5O3. The van der Waals surface area contributed by atoms with Crippen molar-refractivity contribution in [3.05, 3.63) is 12.4 Å². The summed E-state index contributed by atoms with van der Waals surface area (Å²) in [6, 6.07) is 0. The van der Waals surface area contributed by atoms with Crippen LogP contribution in [0.15, 0.2) is 12.4 Å². The topological polar surface area (TPSA) is 119 Å². The van der Waals surface area contributed by atoms with E-state index in [1.165, 1.54) is 30.1 Å². The van der Waals surface area contributed by atoms with E-state index in [2.05, 4.69) is 15.7 Å². The fourth-order valence-electron chi connectivity index (χ4n) is 5.76. The second-order valence-corrected chi connectivity index (χ2v) is 8.64. The summed E-state index contributed by atoms with van der Waals surface area (Å²) in [4.78, 5) is 35.8. The Balaban J connectivity index is 1.24. The van der Waals surface area contributed by atoms with Crippen LogP contribution in [0.2, 0.25) is 0 Å². The highest BCUT2D eigenvalue weighted by atomic mass is 16.2. The smallest absolute Gasteiger partial charge is 0.239 e. The molecule has 4 saturated carbocycles. The van der Waals surface area contributed by atoms with E-state index in [9.17, 15) is 14.4 Å². The number of amides is 3. The van der Waals surface area contributed by atoms with Gasteiger partial charge in [-0.25, -0.2) is 0 Å². The molecule has 0 unspecified atom stereocenters. The van der Waals surface area contributed by atoms with Crippen molar-refractivity contribution in [3.8, 4) is 0 Å². The van der Waals surface area contributed by atoms with Gasteiger partial charge in [0.05, 0.1) is 11.9 Å². The van der Waals surface area contributed by atoms with Gasteiger partial charge in [0.15, 0.2) is 0 Å². The molecule has 1 aromatic rings. The number of carbonyl (C=O) groups is 3. The molecule has 0 spiro atoms. The first-order valence-corrected chi connectivity index (χ1v) is 9.81. The van der Waals surface area contributed by atoms with Crippen molar-refractivity contribution in [1.82, 2.24) is 15.1 Å². The van der Waals surface area contributed by atoms with Crippen LogP contribution in [0.3, 0.4) is 0 Å². The summed E-state index contributed by atoms with van der Waals surface area (Å²) in [6.07, 6.45) is 10.2. The Hall–Kier alpha value is -2.38. The monoisotopic (exact) mass is 373 g/mol. The molecule has 4 fully saturated rings. The zero-order valence-corrected chi connectivity index (χ0v) is 15.4. The van der Waals surface area contributed by atoms with Gasteiger partial charge in [0.25, 0.3) is 0 Å². The number of hydrogen-bond donors (Lipinski definition) is 3. The van der Waals surface area contributed by atoms with E-state index in [0.29, 0.717) is 12.2 Å². The van der Waals surface area contributed by atoms with Crippen LogP contribution in [0.1, 0.15) is 44.9 Å². The van der Waals surface area contributed by atoms with Gasteiger partial charge >= 0.3 is 0 Å². The number of nitrogens with one attached hydrogen (secondary N) is 2. The maximum Gasteiger partial charge on any atom is 0.239 e. The van der Waals surface area contributed by atoms with Crippen LogP contribution in [0, 0.1) is 23.2 Å². The minimum atomic E-state index is -0.497. The van der Waals surface area contributed by atoms with Crippen molar-refractivity contribution < 1.29 is 14.4 Å². The Kier molecular flexibility index (Phi) is 4.65. The number of hydrogen-bond acceptors (Lipinski definition) is 4. The van der Waals surface area contributed by atoms with Gasteiger partial charge in [-0.15, -0.1) is 0 Å². The van der Waals surface area contributed by atoms with E-state index in [4.69, 9.17) is 5.73 Å².